The molecule has 2 aliphatic carbocycles. The number of nitrogens with zero attached hydrogens (tertiary/aromatic N) is 1. The zero-order chi connectivity index (χ0) is 22.3. The molecule has 2 unspecified atom stereocenters. The van der Waals surface area contributed by atoms with Crippen molar-refractivity contribution in [1.29, 1.82) is 0 Å². The second-order valence-corrected chi connectivity index (χ2v) is 11.3. The average molecular weight is 493 g/mol. The minimum atomic E-state index is -0.269. The summed E-state index contributed by atoms with van der Waals surface area (Å²) in [7, 11) is 0. The minimum Gasteiger partial charge on any atom is -0.352 e. The number of carbonyl (C=O) groups excluding carboxylic acids is 1. The predicted molar refractivity (Wildman–Crippen MR) is 134 cm³/mol. The van der Waals surface area contributed by atoms with Crippen LogP contribution in [0.3, 0.4) is 0 Å². The quantitative estimate of drug-likeness (QED) is 0.573. The van der Waals surface area contributed by atoms with Crippen LogP contribution in [0.5, 0.6) is 0 Å². The van der Waals surface area contributed by atoms with E-state index in [4.69, 9.17) is 0 Å². The first-order chi connectivity index (χ1) is 15.4. The van der Waals surface area contributed by atoms with Crippen LogP contribution >= 0.6 is 15.9 Å². The lowest BCUT2D eigenvalue weighted by Gasteiger charge is -2.46. The molecule has 0 aromatic heterocycles. The number of nitrogens with one attached hydrogen (secondary N) is 1. The summed E-state index contributed by atoms with van der Waals surface area (Å²) in [5, 5.41) is 3.20. The Morgan fingerprint density at radius 1 is 1.19 bits per heavy atom. The highest BCUT2D eigenvalue weighted by Crippen LogP contribution is 2.49. The summed E-state index contributed by atoms with van der Waals surface area (Å²) < 4.78 is 1.05. The smallest absolute Gasteiger partial charge is 0.226 e. The Labute approximate surface area is 200 Å². The van der Waals surface area contributed by atoms with Gasteiger partial charge in [0.05, 0.1) is 0 Å². The van der Waals surface area contributed by atoms with Crippen LogP contribution in [-0.4, -0.2) is 29.9 Å². The Morgan fingerprint density at radius 3 is 2.84 bits per heavy atom. The maximum atomic E-state index is 13.1. The largest absolute Gasteiger partial charge is 0.352 e. The van der Waals surface area contributed by atoms with E-state index in [-0.39, 0.29) is 16.7 Å². The van der Waals surface area contributed by atoms with Crippen LogP contribution < -0.4 is 5.32 Å². The third-order valence-electron chi connectivity index (χ3n) is 8.35. The van der Waals surface area contributed by atoms with Gasteiger partial charge in [0, 0.05) is 34.4 Å². The number of allylic oxidation sites excluding steroid dienone is 1. The molecule has 1 aliphatic heterocycles. The number of fused-ring (bicyclic) bond motifs is 2. The number of likely N-dealkylation sites (tertiary alicyclic amines) is 1. The first-order valence-corrected chi connectivity index (χ1v) is 12.7. The van der Waals surface area contributed by atoms with E-state index in [0.717, 1.165) is 42.4 Å². The Balaban J connectivity index is 1.21. The van der Waals surface area contributed by atoms with E-state index in [9.17, 15) is 4.79 Å². The fraction of sp³-hybridized carbons (Fsp3) is 0.464. The Kier molecular flexibility index (Phi) is 5.79. The fourth-order valence-corrected chi connectivity index (χ4v) is 6.77. The van der Waals surface area contributed by atoms with Crippen LogP contribution in [0, 0.1) is 11.3 Å². The van der Waals surface area contributed by atoms with Gasteiger partial charge in [0.2, 0.25) is 5.91 Å². The molecule has 2 fully saturated rings. The number of benzene rings is 2. The van der Waals surface area contributed by atoms with Crippen molar-refractivity contribution in [3.63, 3.8) is 0 Å². The fourth-order valence-electron chi connectivity index (χ4n) is 6.32. The summed E-state index contributed by atoms with van der Waals surface area (Å²) in [6.45, 7) is 7.39. The van der Waals surface area contributed by atoms with Crippen molar-refractivity contribution in [1.82, 2.24) is 10.2 Å². The molecular weight excluding hydrogens is 460 g/mol. The molecule has 4 heteroatoms. The van der Waals surface area contributed by atoms with Gasteiger partial charge in [-0.3, -0.25) is 9.69 Å². The lowest BCUT2D eigenvalue weighted by atomic mass is 9.68. The van der Waals surface area contributed by atoms with Gasteiger partial charge in [0.25, 0.3) is 0 Å². The van der Waals surface area contributed by atoms with Crippen LogP contribution in [0.25, 0.3) is 6.08 Å². The molecule has 5 rings (SSSR count). The molecule has 1 saturated heterocycles. The Hall–Kier alpha value is -1.91. The number of hydrogen-bond donors (Lipinski definition) is 1. The SMILES string of the molecule is C[C@H]1CN(C2CCC(C)(C(=O)NCc3cccc(Br)c3)C2)CC[C@@]12C=Cc1ccccc12. The first kappa shape index (κ1) is 21.9. The normalized spacial score (nSPS) is 31.7. The van der Waals surface area contributed by atoms with E-state index in [1.807, 2.05) is 12.1 Å². The number of hydrogen-bond acceptors (Lipinski definition) is 2. The van der Waals surface area contributed by atoms with Gasteiger partial charge >= 0.3 is 0 Å². The molecule has 2 aromatic rings. The number of piperidine rings is 1. The topological polar surface area (TPSA) is 32.3 Å². The van der Waals surface area contributed by atoms with Crippen molar-refractivity contribution in [2.45, 2.75) is 57.5 Å². The van der Waals surface area contributed by atoms with E-state index in [0.29, 0.717) is 18.5 Å². The van der Waals surface area contributed by atoms with Gasteiger partial charge < -0.3 is 5.32 Å². The van der Waals surface area contributed by atoms with Crippen molar-refractivity contribution >= 4 is 27.9 Å². The summed E-state index contributed by atoms with van der Waals surface area (Å²) in [4.78, 5) is 15.8. The zero-order valence-corrected chi connectivity index (χ0v) is 20.7. The second kappa shape index (κ2) is 8.46. The number of rotatable bonds is 4. The van der Waals surface area contributed by atoms with Gasteiger partial charge in [-0.25, -0.2) is 0 Å². The maximum absolute atomic E-state index is 13.1. The molecule has 1 heterocycles. The average Bonchev–Trinajstić information content (AvgIpc) is 3.37. The summed E-state index contributed by atoms with van der Waals surface area (Å²) in [6, 6.07) is 17.6. The van der Waals surface area contributed by atoms with Gasteiger partial charge in [-0.05, 0) is 67.0 Å². The number of carbonyl (C=O) groups is 1. The third kappa shape index (κ3) is 3.86. The van der Waals surface area contributed by atoms with E-state index in [2.05, 4.69) is 88.5 Å². The minimum absolute atomic E-state index is 0.191. The number of amides is 1. The van der Waals surface area contributed by atoms with Crippen molar-refractivity contribution in [3.05, 3.63) is 75.8 Å². The highest BCUT2D eigenvalue weighted by molar-refractivity contribution is 9.10. The van der Waals surface area contributed by atoms with Crippen molar-refractivity contribution in [2.75, 3.05) is 13.1 Å². The van der Waals surface area contributed by atoms with E-state index in [1.54, 1.807) is 0 Å². The molecule has 3 nitrogen and oxygen atoms in total. The van der Waals surface area contributed by atoms with Crippen molar-refractivity contribution < 1.29 is 4.79 Å². The lowest BCUT2D eigenvalue weighted by molar-refractivity contribution is -0.130. The van der Waals surface area contributed by atoms with Gasteiger partial charge in [0.1, 0.15) is 0 Å². The molecule has 32 heavy (non-hydrogen) atoms. The third-order valence-corrected chi connectivity index (χ3v) is 8.84. The summed E-state index contributed by atoms with van der Waals surface area (Å²) >= 11 is 3.51. The molecule has 1 N–H and O–H groups in total. The van der Waals surface area contributed by atoms with Crippen LogP contribution in [0.1, 0.15) is 56.2 Å². The molecule has 4 atom stereocenters. The van der Waals surface area contributed by atoms with E-state index < -0.39 is 0 Å². The Morgan fingerprint density at radius 2 is 2.03 bits per heavy atom. The predicted octanol–water partition coefficient (Wildman–Crippen LogP) is 5.93. The highest BCUT2D eigenvalue weighted by atomic mass is 79.9. The molecule has 168 valence electrons. The molecule has 2 aromatic carbocycles. The van der Waals surface area contributed by atoms with Crippen LogP contribution in [0.15, 0.2) is 59.1 Å². The van der Waals surface area contributed by atoms with Gasteiger partial charge in [-0.15, -0.1) is 0 Å². The Bertz CT molecular complexity index is 1050. The molecule has 0 bridgehead atoms. The van der Waals surface area contributed by atoms with E-state index >= 15 is 0 Å². The van der Waals surface area contributed by atoms with Crippen molar-refractivity contribution in [2.24, 2.45) is 11.3 Å². The van der Waals surface area contributed by atoms with E-state index in [1.165, 1.54) is 17.5 Å². The standard InChI is InChI=1S/C28H33BrN2O/c1-20-19-31(15-14-28(20)13-10-22-7-3-4-9-25(22)28)24-11-12-27(2,17-24)26(32)30-18-21-6-5-8-23(29)16-21/h3-10,13,16,20,24H,11-12,14-15,17-19H2,1-2H3,(H,30,32)/t20-,24?,27?,28-/m0/s1. The molecule has 3 aliphatic rings. The summed E-state index contributed by atoms with van der Waals surface area (Å²) in [5.74, 6) is 0.780. The van der Waals surface area contributed by atoms with Crippen LogP contribution in [-0.2, 0) is 16.8 Å². The van der Waals surface area contributed by atoms with Crippen molar-refractivity contribution in [3.8, 4) is 0 Å². The maximum Gasteiger partial charge on any atom is 0.226 e. The summed E-state index contributed by atoms with van der Waals surface area (Å²) in [5.41, 5.74) is 3.95. The van der Waals surface area contributed by atoms with Gasteiger partial charge in [0.15, 0.2) is 0 Å². The van der Waals surface area contributed by atoms with Gasteiger partial charge in [-0.1, -0.05) is 78.3 Å². The van der Waals surface area contributed by atoms with Crippen LogP contribution in [0.2, 0.25) is 0 Å². The first-order valence-electron chi connectivity index (χ1n) is 12.0. The number of halogens is 1. The molecule has 1 spiro atoms. The second-order valence-electron chi connectivity index (χ2n) is 10.4. The van der Waals surface area contributed by atoms with Crippen LogP contribution in [0.4, 0.5) is 0 Å². The molecule has 1 amide bonds. The zero-order valence-electron chi connectivity index (χ0n) is 19.1. The molecule has 0 radical (unpaired) electrons. The molecule has 1 saturated carbocycles. The monoisotopic (exact) mass is 492 g/mol. The lowest BCUT2D eigenvalue weighted by Crippen LogP contribution is -2.50. The highest BCUT2D eigenvalue weighted by Gasteiger charge is 2.48. The summed E-state index contributed by atoms with van der Waals surface area (Å²) in [6.07, 6.45) is 9.01. The molecular formula is C28H33BrN2O. The van der Waals surface area contributed by atoms with Gasteiger partial charge in [-0.2, -0.15) is 0 Å².